The normalized spacial score (nSPS) is 15.0. The molecule has 0 aromatic heterocycles. The van der Waals surface area contributed by atoms with Crippen molar-refractivity contribution in [2.45, 2.75) is 39.5 Å². The van der Waals surface area contributed by atoms with E-state index in [0.29, 0.717) is 6.61 Å². The lowest BCUT2D eigenvalue weighted by atomic mass is 9.83. The summed E-state index contributed by atoms with van der Waals surface area (Å²) in [6, 6.07) is 4.79. The van der Waals surface area contributed by atoms with E-state index in [2.05, 4.69) is 0 Å². The molecule has 0 bridgehead atoms. The minimum atomic E-state index is -0.155. The Morgan fingerprint density at radius 2 is 1.94 bits per heavy atom. The summed E-state index contributed by atoms with van der Waals surface area (Å²) in [6.07, 6.45) is 5.16. The van der Waals surface area contributed by atoms with Crippen LogP contribution in [0.15, 0.2) is 18.2 Å². The molecule has 0 amide bonds. The van der Waals surface area contributed by atoms with Crippen LogP contribution in [0.2, 0.25) is 0 Å². The second-order valence-corrected chi connectivity index (χ2v) is 4.54. The van der Waals surface area contributed by atoms with Gasteiger partial charge < -0.3 is 5.11 Å². The van der Waals surface area contributed by atoms with E-state index in [-0.39, 0.29) is 5.82 Å². The zero-order valence-electron chi connectivity index (χ0n) is 10.2. The van der Waals surface area contributed by atoms with Crippen molar-refractivity contribution in [1.29, 1.82) is 0 Å². The van der Waals surface area contributed by atoms with Gasteiger partial charge >= 0.3 is 0 Å². The largest absolute Gasteiger partial charge is 0.396 e. The van der Waals surface area contributed by atoms with Gasteiger partial charge in [-0.15, -0.1) is 0 Å². The van der Waals surface area contributed by atoms with Crippen LogP contribution in [-0.4, -0.2) is 11.7 Å². The average Bonchev–Trinajstić information content (AvgIpc) is 2.19. The summed E-state index contributed by atoms with van der Waals surface area (Å²) < 4.78 is 12.3. The first-order valence-electron chi connectivity index (χ1n) is 5.97. The van der Waals surface area contributed by atoms with Crippen LogP contribution in [0, 0.1) is 25.6 Å². The van der Waals surface area contributed by atoms with Gasteiger partial charge in [-0.05, 0) is 49.4 Å². The van der Waals surface area contributed by atoms with Gasteiger partial charge in [0.15, 0.2) is 0 Å². The number of aryl methyl sites for hydroxylation is 2. The van der Waals surface area contributed by atoms with E-state index in [1.165, 1.54) is 31.4 Å². The fraction of sp³-hybridized carbons (Fsp3) is 0.571. The van der Waals surface area contributed by atoms with Crippen molar-refractivity contribution in [3.8, 4) is 0 Å². The molecule has 1 aliphatic carbocycles. The summed E-state index contributed by atoms with van der Waals surface area (Å²) >= 11 is 0. The fourth-order valence-corrected chi connectivity index (χ4v) is 1.67. The molecule has 1 N–H and O–H groups in total. The fourth-order valence-electron chi connectivity index (χ4n) is 1.67. The van der Waals surface area contributed by atoms with Gasteiger partial charge in [-0.3, -0.25) is 0 Å². The Labute approximate surface area is 97.3 Å². The zero-order valence-corrected chi connectivity index (χ0v) is 10.2. The van der Waals surface area contributed by atoms with Crippen LogP contribution >= 0.6 is 0 Å². The summed E-state index contributed by atoms with van der Waals surface area (Å²) in [4.78, 5) is 0. The van der Waals surface area contributed by atoms with Gasteiger partial charge in [0.1, 0.15) is 5.82 Å². The Balaban J connectivity index is 0.000000165. The Morgan fingerprint density at radius 3 is 2.25 bits per heavy atom. The van der Waals surface area contributed by atoms with Crippen molar-refractivity contribution in [3.05, 3.63) is 35.1 Å². The van der Waals surface area contributed by atoms with E-state index < -0.39 is 0 Å². The summed E-state index contributed by atoms with van der Waals surface area (Å²) in [6.45, 7) is 4.26. The first-order valence-corrected chi connectivity index (χ1v) is 5.97. The molecule has 90 valence electrons. The van der Waals surface area contributed by atoms with Gasteiger partial charge in [0.05, 0.1) is 0 Å². The highest BCUT2D eigenvalue weighted by Crippen LogP contribution is 2.28. The molecule has 0 saturated heterocycles. The van der Waals surface area contributed by atoms with E-state index in [9.17, 15) is 4.39 Å². The summed E-state index contributed by atoms with van der Waals surface area (Å²) in [7, 11) is 0. The lowest BCUT2D eigenvalue weighted by molar-refractivity contribution is 0.208. The first kappa shape index (κ1) is 13.2. The number of rotatable bonds is 2. The summed E-state index contributed by atoms with van der Waals surface area (Å²) in [5, 5.41) is 8.40. The smallest absolute Gasteiger partial charge is 0.123 e. The number of halogens is 1. The van der Waals surface area contributed by atoms with E-state index in [1.807, 2.05) is 13.8 Å². The molecule has 1 fully saturated rings. The molecule has 0 atom stereocenters. The number of hydrogen-bond donors (Lipinski definition) is 1. The maximum absolute atomic E-state index is 12.3. The Kier molecular flexibility index (Phi) is 5.47. The summed E-state index contributed by atoms with van der Waals surface area (Å²) in [5.41, 5.74) is 2.14. The lowest BCUT2D eigenvalue weighted by Gasteiger charge is -2.23. The van der Waals surface area contributed by atoms with Crippen LogP contribution in [0.4, 0.5) is 4.39 Å². The van der Waals surface area contributed by atoms with Crippen molar-refractivity contribution >= 4 is 0 Å². The summed E-state index contributed by atoms with van der Waals surface area (Å²) in [5.74, 6) is 0.725. The highest BCUT2D eigenvalue weighted by molar-refractivity contribution is 5.24. The highest BCUT2D eigenvalue weighted by atomic mass is 19.1. The maximum atomic E-state index is 12.3. The number of benzene rings is 1. The molecule has 1 aromatic rings. The third kappa shape index (κ3) is 4.31. The SMILES string of the molecule is Cc1ccc(F)cc1C.OCCC1CCC1. The van der Waals surface area contributed by atoms with Crippen LogP contribution in [0.1, 0.15) is 36.8 Å². The molecule has 1 aliphatic rings. The quantitative estimate of drug-likeness (QED) is 0.813. The van der Waals surface area contributed by atoms with Crippen LogP contribution < -0.4 is 0 Å². The van der Waals surface area contributed by atoms with Crippen LogP contribution in [0.25, 0.3) is 0 Å². The first-order chi connectivity index (χ1) is 7.63. The minimum absolute atomic E-state index is 0.155. The van der Waals surface area contributed by atoms with Crippen molar-refractivity contribution in [2.75, 3.05) is 6.61 Å². The maximum Gasteiger partial charge on any atom is 0.123 e. The van der Waals surface area contributed by atoms with Gasteiger partial charge in [-0.25, -0.2) is 4.39 Å². The topological polar surface area (TPSA) is 20.2 Å². The molecule has 1 saturated carbocycles. The van der Waals surface area contributed by atoms with Gasteiger partial charge in [0, 0.05) is 6.61 Å². The molecular formula is C14H21FO. The van der Waals surface area contributed by atoms with E-state index >= 15 is 0 Å². The van der Waals surface area contributed by atoms with E-state index in [0.717, 1.165) is 23.5 Å². The third-order valence-corrected chi connectivity index (χ3v) is 3.23. The van der Waals surface area contributed by atoms with Crippen molar-refractivity contribution in [3.63, 3.8) is 0 Å². The number of aliphatic hydroxyl groups is 1. The molecule has 0 heterocycles. The van der Waals surface area contributed by atoms with Gasteiger partial charge in [0.2, 0.25) is 0 Å². The second-order valence-electron chi connectivity index (χ2n) is 4.54. The molecule has 2 heteroatoms. The van der Waals surface area contributed by atoms with Crippen molar-refractivity contribution < 1.29 is 9.50 Å². The van der Waals surface area contributed by atoms with E-state index in [1.54, 1.807) is 6.07 Å². The van der Waals surface area contributed by atoms with Crippen molar-refractivity contribution in [1.82, 2.24) is 0 Å². The predicted octanol–water partition coefficient (Wildman–Crippen LogP) is 3.61. The Morgan fingerprint density at radius 1 is 1.25 bits per heavy atom. The molecule has 0 spiro atoms. The minimum Gasteiger partial charge on any atom is -0.396 e. The Bertz CT molecular complexity index is 319. The van der Waals surface area contributed by atoms with Crippen LogP contribution in [0.5, 0.6) is 0 Å². The predicted molar refractivity (Wildman–Crippen MR) is 64.9 cm³/mol. The number of hydrogen-bond acceptors (Lipinski definition) is 1. The molecule has 2 rings (SSSR count). The molecule has 0 unspecified atom stereocenters. The molecule has 0 aliphatic heterocycles. The average molecular weight is 224 g/mol. The lowest BCUT2D eigenvalue weighted by Crippen LogP contribution is -2.11. The van der Waals surface area contributed by atoms with Crippen LogP contribution in [-0.2, 0) is 0 Å². The molecule has 0 radical (unpaired) electrons. The second kappa shape index (κ2) is 6.64. The molecule has 1 nitrogen and oxygen atoms in total. The standard InChI is InChI=1S/C8H9F.C6H12O/c1-6-3-4-8(9)5-7(6)2;7-5-4-6-2-1-3-6/h3-5H,1-2H3;6-7H,1-5H2. The van der Waals surface area contributed by atoms with Gasteiger partial charge in [-0.2, -0.15) is 0 Å². The molecule has 1 aromatic carbocycles. The van der Waals surface area contributed by atoms with Gasteiger partial charge in [-0.1, -0.05) is 25.3 Å². The van der Waals surface area contributed by atoms with E-state index in [4.69, 9.17) is 5.11 Å². The number of aliphatic hydroxyl groups excluding tert-OH is 1. The third-order valence-electron chi connectivity index (χ3n) is 3.23. The zero-order chi connectivity index (χ0) is 12.0. The molecule has 16 heavy (non-hydrogen) atoms. The molecular weight excluding hydrogens is 203 g/mol. The van der Waals surface area contributed by atoms with Gasteiger partial charge in [0.25, 0.3) is 0 Å². The monoisotopic (exact) mass is 224 g/mol. The highest BCUT2D eigenvalue weighted by Gasteiger charge is 2.15. The van der Waals surface area contributed by atoms with Crippen molar-refractivity contribution in [2.24, 2.45) is 5.92 Å². The Hall–Kier alpha value is -0.890. The van der Waals surface area contributed by atoms with Crippen LogP contribution in [0.3, 0.4) is 0 Å².